The van der Waals surface area contributed by atoms with Crippen LogP contribution in [0.3, 0.4) is 0 Å². The van der Waals surface area contributed by atoms with Crippen LogP contribution in [0, 0.1) is 0 Å². The highest BCUT2D eigenvalue weighted by Crippen LogP contribution is 2.35. The van der Waals surface area contributed by atoms with Crippen LogP contribution in [0.25, 0.3) is 0 Å². The third kappa shape index (κ3) is 1.05. The fourth-order valence-electron chi connectivity index (χ4n) is 0.321. The third-order valence-electron chi connectivity index (χ3n) is 0.871. The molecule has 0 aliphatic carbocycles. The molecule has 2 heteroatoms. The molecule has 0 aromatic heterocycles. The van der Waals surface area contributed by atoms with E-state index in [1.165, 1.54) is 5.75 Å². The van der Waals surface area contributed by atoms with E-state index in [0.717, 1.165) is 5.25 Å². The number of rotatable bonds is 1. The Morgan fingerprint density at radius 2 is 2.50 bits per heavy atom. The van der Waals surface area contributed by atoms with Gasteiger partial charge in [0.15, 0.2) is 0 Å². The Morgan fingerprint density at radius 1 is 2.00 bits per heavy atom. The fraction of sp³-hybridized carbons (Fsp3) is 1.00. The minimum absolute atomic E-state index is 0.398. The minimum atomic E-state index is 0.398. The first-order chi connectivity index (χ1) is 2.80. The second kappa shape index (κ2) is 1.63. The molecule has 2 atom stereocenters. The largest absolute Gasteiger partial charge is 0.155 e. The molecule has 1 saturated heterocycles. The molecule has 0 saturated carbocycles. The third-order valence-corrected chi connectivity index (χ3v) is 2.45. The van der Waals surface area contributed by atoms with Gasteiger partial charge in [-0.05, 0) is 6.92 Å². The number of alkyl halides is 1. The van der Waals surface area contributed by atoms with Crippen LogP contribution in [-0.2, 0) is 0 Å². The van der Waals surface area contributed by atoms with Crippen molar-refractivity contribution in [2.24, 2.45) is 0 Å². The van der Waals surface area contributed by atoms with E-state index in [2.05, 4.69) is 0 Å². The van der Waals surface area contributed by atoms with Crippen molar-refractivity contribution in [3.05, 3.63) is 0 Å². The zero-order chi connectivity index (χ0) is 4.57. The summed E-state index contributed by atoms with van der Waals surface area (Å²) in [5, 5.41) is 1.18. The van der Waals surface area contributed by atoms with Crippen LogP contribution in [-0.4, -0.2) is 16.4 Å². The second-order valence-electron chi connectivity index (χ2n) is 1.55. The maximum Gasteiger partial charge on any atom is 0.0434 e. The van der Waals surface area contributed by atoms with E-state index in [1.807, 2.05) is 18.7 Å². The van der Waals surface area contributed by atoms with Crippen molar-refractivity contribution in [3.8, 4) is 0 Å². The summed E-state index contributed by atoms with van der Waals surface area (Å²) in [7, 11) is 0. The Hall–Kier alpha value is 0.640. The molecule has 6 heavy (non-hydrogen) atoms. The summed E-state index contributed by atoms with van der Waals surface area (Å²) >= 11 is 7.60. The molecular formula is C4H7ClS. The van der Waals surface area contributed by atoms with Gasteiger partial charge in [-0.3, -0.25) is 0 Å². The Bertz CT molecular complexity index is 49.5. The summed E-state index contributed by atoms with van der Waals surface area (Å²) in [6.45, 7) is 2.05. The monoisotopic (exact) mass is 122 g/mol. The molecule has 36 valence electrons. The normalized spacial score (nSPS) is 36.0. The summed E-state index contributed by atoms with van der Waals surface area (Å²) < 4.78 is 0. The van der Waals surface area contributed by atoms with Crippen LogP contribution in [0.2, 0.25) is 0 Å². The quantitative estimate of drug-likeness (QED) is 0.377. The van der Waals surface area contributed by atoms with Gasteiger partial charge in [0.05, 0.1) is 0 Å². The predicted molar refractivity (Wildman–Crippen MR) is 31.6 cm³/mol. The van der Waals surface area contributed by atoms with Crippen molar-refractivity contribution in [1.29, 1.82) is 0 Å². The summed E-state index contributed by atoms with van der Waals surface area (Å²) in [4.78, 5) is 0. The predicted octanol–water partition coefficient (Wildman–Crippen LogP) is 1.73. The SMILES string of the molecule is CC(Cl)C1CS1. The van der Waals surface area contributed by atoms with E-state index in [4.69, 9.17) is 11.6 Å². The molecule has 1 fully saturated rings. The van der Waals surface area contributed by atoms with Gasteiger partial charge in [0, 0.05) is 16.4 Å². The second-order valence-corrected chi connectivity index (χ2v) is 3.51. The van der Waals surface area contributed by atoms with Crippen LogP contribution in [0.1, 0.15) is 6.92 Å². The highest BCUT2D eigenvalue weighted by molar-refractivity contribution is 8.07. The highest BCUT2D eigenvalue weighted by atomic mass is 35.5. The van der Waals surface area contributed by atoms with Gasteiger partial charge in [0.25, 0.3) is 0 Å². The van der Waals surface area contributed by atoms with Gasteiger partial charge in [-0.25, -0.2) is 0 Å². The standard InChI is InChI=1S/C4H7ClS/c1-3(5)4-2-6-4/h3-4H,2H2,1H3. The molecule has 0 aromatic carbocycles. The van der Waals surface area contributed by atoms with E-state index in [0.29, 0.717) is 5.38 Å². The number of hydrogen-bond acceptors (Lipinski definition) is 1. The lowest BCUT2D eigenvalue weighted by atomic mass is 10.4. The summed E-state index contributed by atoms with van der Waals surface area (Å²) in [6, 6.07) is 0. The zero-order valence-corrected chi connectivity index (χ0v) is 5.22. The van der Waals surface area contributed by atoms with Crippen molar-refractivity contribution >= 4 is 23.4 Å². The Morgan fingerprint density at radius 3 is 2.50 bits per heavy atom. The Kier molecular flexibility index (Phi) is 1.30. The lowest BCUT2D eigenvalue weighted by Gasteiger charge is -1.89. The number of halogens is 1. The minimum Gasteiger partial charge on any atom is -0.155 e. The molecule has 0 aromatic rings. The average Bonchev–Trinajstić information content (AvgIpc) is 2.06. The van der Waals surface area contributed by atoms with Crippen LogP contribution >= 0.6 is 23.4 Å². The van der Waals surface area contributed by atoms with Gasteiger partial charge in [0.2, 0.25) is 0 Å². The molecule has 0 radical (unpaired) electrons. The molecule has 0 amide bonds. The molecule has 0 nitrogen and oxygen atoms in total. The van der Waals surface area contributed by atoms with Gasteiger partial charge < -0.3 is 0 Å². The van der Waals surface area contributed by atoms with Crippen LogP contribution in [0.4, 0.5) is 0 Å². The average molecular weight is 123 g/mol. The van der Waals surface area contributed by atoms with Gasteiger partial charge in [0.1, 0.15) is 0 Å². The van der Waals surface area contributed by atoms with E-state index in [9.17, 15) is 0 Å². The van der Waals surface area contributed by atoms with Gasteiger partial charge >= 0.3 is 0 Å². The van der Waals surface area contributed by atoms with Crippen molar-refractivity contribution < 1.29 is 0 Å². The summed E-state index contributed by atoms with van der Waals surface area (Å²) in [5.74, 6) is 1.28. The first-order valence-electron chi connectivity index (χ1n) is 2.06. The summed E-state index contributed by atoms with van der Waals surface area (Å²) in [6.07, 6.45) is 0. The molecule has 1 aliphatic heterocycles. The maximum atomic E-state index is 5.65. The topological polar surface area (TPSA) is 0 Å². The van der Waals surface area contributed by atoms with Crippen molar-refractivity contribution in [2.45, 2.75) is 17.6 Å². The van der Waals surface area contributed by atoms with Crippen LogP contribution < -0.4 is 0 Å². The van der Waals surface area contributed by atoms with Crippen LogP contribution in [0.5, 0.6) is 0 Å². The lowest BCUT2D eigenvalue weighted by Crippen LogP contribution is -1.96. The lowest BCUT2D eigenvalue weighted by molar-refractivity contribution is 0.991. The summed E-state index contributed by atoms with van der Waals surface area (Å²) in [5.41, 5.74) is 0. The molecule has 0 spiro atoms. The van der Waals surface area contributed by atoms with Gasteiger partial charge in [-0.15, -0.1) is 11.6 Å². The van der Waals surface area contributed by atoms with Crippen molar-refractivity contribution in [2.75, 3.05) is 5.75 Å². The molecule has 0 N–H and O–H groups in total. The highest BCUT2D eigenvalue weighted by Gasteiger charge is 2.26. The van der Waals surface area contributed by atoms with Gasteiger partial charge in [-0.2, -0.15) is 11.8 Å². The molecular weight excluding hydrogens is 116 g/mol. The number of thioether (sulfide) groups is 1. The maximum absolute atomic E-state index is 5.65. The Balaban J connectivity index is 2.13. The Labute approximate surface area is 47.3 Å². The number of hydrogen-bond donors (Lipinski definition) is 0. The molecule has 1 aliphatic rings. The zero-order valence-electron chi connectivity index (χ0n) is 3.65. The van der Waals surface area contributed by atoms with Crippen LogP contribution in [0.15, 0.2) is 0 Å². The molecule has 0 bridgehead atoms. The molecule has 2 unspecified atom stereocenters. The van der Waals surface area contributed by atoms with E-state index in [1.54, 1.807) is 0 Å². The smallest absolute Gasteiger partial charge is 0.0434 e. The van der Waals surface area contributed by atoms with Crippen molar-refractivity contribution in [3.63, 3.8) is 0 Å². The first-order valence-corrected chi connectivity index (χ1v) is 3.55. The fourth-order valence-corrected chi connectivity index (χ4v) is 1.40. The van der Waals surface area contributed by atoms with E-state index in [-0.39, 0.29) is 0 Å². The van der Waals surface area contributed by atoms with E-state index >= 15 is 0 Å². The van der Waals surface area contributed by atoms with Gasteiger partial charge in [-0.1, -0.05) is 0 Å². The first kappa shape index (κ1) is 4.79. The molecule has 1 heterocycles. The van der Waals surface area contributed by atoms with Crippen molar-refractivity contribution in [1.82, 2.24) is 0 Å². The van der Waals surface area contributed by atoms with E-state index < -0.39 is 0 Å². The molecule has 1 rings (SSSR count).